The Kier molecular flexibility index (Phi) is 7.91. The lowest BCUT2D eigenvalue weighted by Gasteiger charge is -2.22. The Morgan fingerprint density at radius 3 is 2.76 bits per heavy atom. The van der Waals surface area contributed by atoms with Gasteiger partial charge in [-0.25, -0.2) is 5.48 Å². The van der Waals surface area contributed by atoms with E-state index in [1.54, 1.807) is 7.11 Å². The summed E-state index contributed by atoms with van der Waals surface area (Å²) in [5.74, 6) is -0.157. The maximum Gasteiger partial charge on any atom is 0.245 e. The van der Waals surface area contributed by atoms with Crippen molar-refractivity contribution in [2.75, 3.05) is 40.0 Å². The molecule has 17 heavy (non-hydrogen) atoms. The van der Waals surface area contributed by atoms with Crippen LogP contribution in [0.1, 0.15) is 19.3 Å². The number of nitrogens with one attached hydrogen (secondary N) is 2. The molecule has 0 spiro atoms. The number of amides is 1. The normalized spacial score (nSPS) is 17.0. The highest BCUT2D eigenvalue weighted by molar-refractivity contribution is 5.74. The van der Waals surface area contributed by atoms with Crippen LogP contribution in [0.3, 0.4) is 0 Å². The highest BCUT2D eigenvalue weighted by atomic mass is 16.7. The van der Waals surface area contributed by atoms with Crippen LogP contribution < -0.4 is 10.8 Å². The third-order valence-electron chi connectivity index (χ3n) is 2.54. The van der Waals surface area contributed by atoms with E-state index in [9.17, 15) is 4.79 Å². The van der Waals surface area contributed by atoms with Gasteiger partial charge in [0, 0.05) is 7.11 Å². The third kappa shape index (κ3) is 7.27. The van der Waals surface area contributed by atoms with E-state index in [4.69, 9.17) is 14.3 Å². The van der Waals surface area contributed by atoms with Crippen molar-refractivity contribution in [2.45, 2.75) is 25.4 Å². The molecule has 1 amide bonds. The molecule has 0 bridgehead atoms. The van der Waals surface area contributed by atoms with Gasteiger partial charge in [0.1, 0.15) is 0 Å². The van der Waals surface area contributed by atoms with Crippen molar-refractivity contribution in [3.63, 3.8) is 0 Å². The van der Waals surface area contributed by atoms with Crippen LogP contribution in [0.2, 0.25) is 0 Å². The summed E-state index contributed by atoms with van der Waals surface area (Å²) in [5.41, 5.74) is 2.34. The maximum atomic E-state index is 11.3. The predicted molar refractivity (Wildman–Crippen MR) is 62.4 cm³/mol. The topological polar surface area (TPSA) is 68.8 Å². The molecule has 0 radical (unpaired) electrons. The van der Waals surface area contributed by atoms with Gasteiger partial charge in [0.05, 0.1) is 32.3 Å². The van der Waals surface area contributed by atoms with Gasteiger partial charge in [-0.3, -0.25) is 9.63 Å². The summed E-state index contributed by atoms with van der Waals surface area (Å²) in [6.07, 6.45) is 2.66. The average Bonchev–Trinajstić information content (AvgIpc) is 2.36. The van der Waals surface area contributed by atoms with E-state index in [-0.39, 0.29) is 5.91 Å². The van der Waals surface area contributed by atoms with Crippen molar-refractivity contribution in [3.05, 3.63) is 0 Å². The number of ether oxygens (including phenoxy) is 2. The van der Waals surface area contributed by atoms with E-state index in [0.29, 0.717) is 32.3 Å². The monoisotopic (exact) mass is 246 g/mol. The van der Waals surface area contributed by atoms with Crippen molar-refractivity contribution in [2.24, 2.45) is 0 Å². The second kappa shape index (κ2) is 9.35. The van der Waals surface area contributed by atoms with Crippen LogP contribution in [0.15, 0.2) is 0 Å². The summed E-state index contributed by atoms with van der Waals surface area (Å²) in [6.45, 7) is 3.27. The molecule has 0 aromatic heterocycles. The van der Waals surface area contributed by atoms with Gasteiger partial charge < -0.3 is 14.8 Å². The fraction of sp³-hybridized carbons (Fsp3) is 0.909. The molecule has 0 atom stereocenters. The minimum atomic E-state index is -0.157. The van der Waals surface area contributed by atoms with E-state index in [1.165, 1.54) is 0 Å². The SMILES string of the molecule is COCCONC(=O)CCOC1CCNCC1. The number of carbonyl (C=O) groups is 1. The van der Waals surface area contributed by atoms with Crippen LogP contribution in [-0.2, 0) is 19.1 Å². The van der Waals surface area contributed by atoms with E-state index in [1.807, 2.05) is 0 Å². The Balaban J connectivity index is 1.92. The van der Waals surface area contributed by atoms with E-state index < -0.39 is 0 Å². The molecule has 1 saturated heterocycles. The molecule has 0 aromatic rings. The molecular formula is C11H22N2O4. The zero-order valence-corrected chi connectivity index (χ0v) is 10.4. The molecule has 0 saturated carbocycles. The smallest absolute Gasteiger partial charge is 0.245 e. The molecule has 1 rings (SSSR count). The van der Waals surface area contributed by atoms with Crippen LogP contribution >= 0.6 is 0 Å². The van der Waals surface area contributed by atoms with Crippen molar-refractivity contribution in [1.82, 2.24) is 10.8 Å². The Bertz CT molecular complexity index is 208. The second-order valence-electron chi connectivity index (χ2n) is 3.94. The van der Waals surface area contributed by atoms with Crippen LogP contribution in [-0.4, -0.2) is 52.0 Å². The molecule has 1 heterocycles. The third-order valence-corrected chi connectivity index (χ3v) is 2.54. The minimum absolute atomic E-state index is 0.157. The Labute approximate surface area is 102 Å². The molecule has 1 aliphatic rings. The number of hydrogen-bond acceptors (Lipinski definition) is 5. The first-order valence-corrected chi connectivity index (χ1v) is 6.05. The van der Waals surface area contributed by atoms with E-state index in [0.717, 1.165) is 25.9 Å². The second-order valence-corrected chi connectivity index (χ2v) is 3.94. The van der Waals surface area contributed by atoms with Crippen LogP contribution in [0.4, 0.5) is 0 Å². The number of hydroxylamine groups is 1. The number of methoxy groups -OCH3 is 1. The number of carbonyl (C=O) groups excluding carboxylic acids is 1. The van der Waals surface area contributed by atoms with Gasteiger partial charge in [-0.2, -0.15) is 0 Å². The lowest BCUT2D eigenvalue weighted by atomic mass is 10.1. The Morgan fingerprint density at radius 2 is 2.06 bits per heavy atom. The lowest BCUT2D eigenvalue weighted by Crippen LogP contribution is -2.33. The summed E-state index contributed by atoms with van der Waals surface area (Å²) in [7, 11) is 1.58. The van der Waals surface area contributed by atoms with E-state index in [2.05, 4.69) is 10.8 Å². The number of rotatable bonds is 8. The molecule has 1 aliphatic heterocycles. The molecule has 100 valence electrons. The Morgan fingerprint density at radius 1 is 1.29 bits per heavy atom. The largest absolute Gasteiger partial charge is 0.382 e. The molecule has 1 fully saturated rings. The lowest BCUT2D eigenvalue weighted by molar-refractivity contribution is -0.136. The first kappa shape index (κ1) is 14.4. The molecule has 6 nitrogen and oxygen atoms in total. The summed E-state index contributed by atoms with van der Waals surface area (Å²) in [5, 5.41) is 3.26. The van der Waals surface area contributed by atoms with Gasteiger partial charge in [0.25, 0.3) is 0 Å². The fourth-order valence-corrected chi connectivity index (χ4v) is 1.59. The predicted octanol–water partition coefficient (Wildman–Crippen LogP) is -0.161. The van der Waals surface area contributed by atoms with Gasteiger partial charge in [-0.1, -0.05) is 0 Å². The summed E-state index contributed by atoms with van der Waals surface area (Å²) in [4.78, 5) is 16.2. The number of piperidine rings is 1. The molecule has 0 aliphatic carbocycles. The van der Waals surface area contributed by atoms with E-state index >= 15 is 0 Å². The first-order valence-electron chi connectivity index (χ1n) is 6.05. The van der Waals surface area contributed by atoms with Crippen molar-refractivity contribution in [3.8, 4) is 0 Å². The number of hydrogen-bond donors (Lipinski definition) is 2. The first-order chi connectivity index (χ1) is 8.33. The molecule has 2 N–H and O–H groups in total. The van der Waals surface area contributed by atoms with Crippen LogP contribution in [0.25, 0.3) is 0 Å². The summed E-state index contributed by atoms with van der Waals surface area (Å²) >= 11 is 0. The highest BCUT2D eigenvalue weighted by Gasteiger charge is 2.13. The van der Waals surface area contributed by atoms with Crippen molar-refractivity contribution < 1.29 is 19.1 Å². The standard InChI is InChI=1S/C11H22N2O4/c1-15-8-9-17-13-11(14)4-7-16-10-2-5-12-6-3-10/h10,12H,2-9H2,1H3,(H,13,14). The maximum absolute atomic E-state index is 11.3. The zero-order valence-electron chi connectivity index (χ0n) is 10.4. The minimum Gasteiger partial charge on any atom is -0.382 e. The van der Waals surface area contributed by atoms with Gasteiger partial charge >= 0.3 is 0 Å². The van der Waals surface area contributed by atoms with Crippen LogP contribution in [0.5, 0.6) is 0 Å². The summed E-state index contributed by atoms with van der Waals surface area (Å²) in [6, 6.07) is 0. The van der Waals surface area contributed by atoms with Crippen molar-refractivity contribution >= 4 is 5.91 Å². The fourth-order valence-electron chi connectivity index (χ4n) is 1.59. The molecule has 0 aromatic carbocycles. The zero-order chi connectivity index (χ0) is 12.3. The molecular weight excluding hydrogens is 224 g/mol. The van der Waals surface area contributed by atoms with Crippen LogP contribution in [0, 0.1) is 0 Å². The van der Waals surface area contributed by atoms with Gasteiger partial charge in [0.15, 0.2) is 0 Å². The van der Waals surface area contributed by atoms with Gasteiger partial charge in [0.2, 0.25) is 5.91 Å². The Hall–Kier alpha value is -0.690. The van der Waals surface area contributed by atoms with Gasteiger partial charge in [-0.15, -0.1) is 0 Å². The quantitative estimate of drug-likeness (QED) is 0.460. The average molecular weight is 246 g/mol. The van der Waals surface area contributed by atoms with Gasteiger partial charge in [-0.05, 0) is 25.9 Å². The molecule has 0 unspecified atom stereocenters. The highest BCUT2D eigenvalue weighted by Crippen LogP contribution is 2.07. The molecule has 6 heteroatoms. The van der Waals surface area contributed by atoms with Crippen molar-refractivity contribution in [1.29, 1.82) is 0 Å². The summed E-state index contributed by atoms with van der Waals surface area (Å²) < 4.78 is 10.4.